The molecule has 6 rings (SSSR count). The topological polar surface area (TPSA) is 72.6 Å². The first-order chi connectivity index (χ1) is 15.8. The Morgan fingerprint density at radius 3 is 2.44 bits per heavy atom. The fraction of sp³-hybridized carbons (Fsp3) is 0.231. The van der Waals surface area contributed by atoms with E-state index in [0.717, 1.165) is 53.9 Å². The maximum atomic E-state index is 4.82. The Balaban J connectivity index is 1.29. The summed E-state index contributed by atoms with van der Waals surface area (Å²) in [5.74, 6) is 1.06. The molecule has 2 aromatic heterocycles. The molecule has 5 aromatic rings. The van der Waals surface area contributed by atoms with E-state index < -0.39 is 0 Å². The van der Waals surface area contributed by atoms with Gasteiger partial charge in [0.2, 0.25) is 0 Å². The second-order valence-electron chi connectivity index (χ2n) is 8.57. The molecule has 3 aromatic carbocycles. The van der Waals surface area contributed by atoms with Gasteiger partial charge >= 0.3 is 0 Å². The van der Waals surface area contributed by atoms with E-state index >= 15 is 0 Å². The third-order valence-electron chi connectivity index (χ3n) is 6.31. The molecule has 1 aliphatic heterocycles. The molecule has 1 aliphatic rings. The second kappa shape index (κ2) is 8.13. The molecule has 0 saturated carbocycles. The Kier molecular flexibility index (Phi) is 4.85. The van der Waals surface area contributed by atoms with Crippen LogP contribution in [0.2, 0.25) is 0 Å². The van der Waals surface area contributed by atoms with Gasteiger partial charge in [-0.3, -0.25) is 0 Å². The van der Waals surface area contributed by atoms with E-state index in [1.807, 2.05) is 0 Å². The lowest BCUT2D eigenvalue weighted by atomic mass is 10.1. The van der Waals surface area contributed by atoms with Gasteiger partial charge < -0.3 is 20.2 Å². The summed E-state index contributed by atoms with van der Waals surface area (Å²) in [4.78, 5) is 18.4. The predicted molar refractivity (Wildman–Crippen MR) is 128 cm³/mol. The molecule has 3 heterocycles. The number of H-pyrrole nitrogens is 2. The van der Waals surface area contributed by atoms with Gasteiger partial charge in [-0.15, -0.1) is 0 Å². The Bertz CT molecular complexity index is 1350. The molecule has 0 spiro atoms. The molecule has 0 aliphatic carbocycles. The van der Waals surface area contributed by atoms with Crippen LogP contribution in [-0.4, -0.2) is 26.5 Å². The third kappa shape index (κ3) is 3.74. The van der Waals surface area contributed by atoms with Gasteiger partial charge in [-0.1, -0.05) is 30.3 Å². The summed E-state index contributed by atoms with van der Waals surface area (Å²) in [6, 6.07) is 24.0. The van der Waals surface area contributed by atoms with Gasteiger partial charge in [0.1, 0.15) is 5.82 Å². The number of imidazole rings is 2. The number of nitrogens with one attached hydrogen (secondary N) is 3. The number of rotatable bonds is 6. The third-order valence-corrected chi connectivity index (χ3v) is 6.31. The van der Waals surface area contributed by atoms with E-state index in [2.05, 4.69) is 91.9 Å². The molecular weight excluding hydrogens is 396 g/mol. The highest BCUT2D eigenvalue weighted by atomic mass is 15.1. The Morgan fingerprint density at radius 1 is 0.875 bits per heavy atom. The second-order valence-corrected chi connectivity index (χ2v) is 8.57. The number of benzene rings is 3. The molecule has 6 nitrogen and oxygen atoms in total. The van der Waals surface area contributed by atoms with Crippen molar-refractivity contribution in [2.45, 2.75) is 32.0 Å². The van der Waals surface area contributed by atoms with Crippen LogP contribution >= 0.6 is 0 Å². The molecule has 0 amide bonds. The maximum Gasteiger partial charge on any atom is 0.124 e. The first-order valence-electron chi connectivity index (χ1n) is 11.3. The van der Waals surface area contributed by atoms with E-state index in [0.29, 0.717) is 6.04 Å². The molecular formula is C26H26N6. The highest BCUT2D eigenvalue weighted by Gasteiger charge is 2.19. The minimum absolute atomic E-state index is 0.351. The van der Waals surface area contributed by atoms with Crippen LogP contribution < -0.4 is 10.2 Å². The summed E-state index contributed by atoms with van der Waals surface area (Å²) in [6.45, 7) is 2.71. The van der Waals surface area contributed by atoms with Crippen molar-refractivity contribution in [2.75, 3.05) is 11.4 Å². The first kappa shape index (κ1) is 19.1. The molecule has 1 fully saturated rings. The van der Waals surface area contributed by atoms with Crippen molar-refractivity contribution in [3.8, 4) is 0 Å². The standard InChI is InChI=1S/C26H26N6/c1-2-5-20(6-3-1)32(15-18-8-10-21-24(13-18)29-17-28-21)16-19-9-11-22-25(14-19)31-26(30-22)23-7-4-12-27-23/h1-3,5-6,8-11,13-14,17,23,27H,4,7,12,15-16H2,(H,28,29)(H,30,31). The molecule has 3 N–H and O–H groups in total. The van der Waals surface area contributed by atoms with Crippen molar-refractivity contribution in [2.24, 2.45) is 0 Å². The monoisotopic (exact) mass is 422 g/mol. The van der Waals surface area contributed by atoms with Crippen molar-refractivity contribution in [3.05, 3.63) is 90.0 Å². The zero-order valence-corrected chi connectivity index (χ0v) is 17.9. The summed E-state index contributed by atoms with van der Waals surface area (Å²) in [5.41, 5.74) is 7.94. The number of aromatic amines is 2. The normalized spacial score (nSPS) is 16.2. The molecule has 1 atom stereocenters. The van der Waals surface area contributed by atoms with Gasteiger partial charge in [-0.25, -0.2) is 9.97 Å². The van der Waals surface area contributed by atoms with Crippen LogP contribution in [0.15, 0.2) is 73.1 Å². The summed E-state index contributed by atoms with van der Waals surface area (Å²) >= 11 is 0. The molecule has 1 unspecified atom stereocenters. The maximum absolute atomic E-state index is 4.82. The summed E-state index contributed by atoms with van der Waals surface area (Å²) in [7, 11) is 0. The van der Waals surface area contributed by atoms with Crippen molar-refractivity contribution in [3.63, 3.8) is 0 Å². The Morgan fingerprint density at radius 2 is 1.66 bits per heavy atom. The number of hydrogen-bond acceptors (Lipinski definition) is 4. The van der Waals surface area contributed by atoms with Gasteiger partial charge in [0.15, 0.2) is 0 Å². The number of hydrogen-bond donors (Lipinski definition) is 3. The van der Waals surface area contributed by atoms with Crippen LogP contribution in [0, 0.1) is 0 Å². The molecule has 0 bridgehead atoms. The van der Waals surface area contributed by atoms with Crippen LogP contribution in [0.25, 0.3) is 22.1 Å². The number of aromatic nitrogens is 4. The summed E-state index contributed by atoms with van der Waals surface area (Å²) in [5, 5.41) is 3.53. The molecule has 32 heavy (non-hydrogen) atoms. The van der Waals surface area contributed by atoms with Crippen LogP contribution in [0.1, 0.15) is 35.8 Å². The summed E-state index contributed by atoms with van der Waals surface area (Å²) < 4.78 is 0. The SMILES string of the molecule is c1ccc(N(Cc2ccc3nc[nH]c3c2)Cc2ccc3nc(C4CCCN4)[nH]c3c2)cc1. The van der Waals surface area contributed by atoms with Crippen LogP contribution in [0.5, 0.6) is 0 Å². The first-order valence-corrected chi connectivity index (χ1v) is 11.3. The van der Waals surface area contributed by atoms with Gasteiger partial charge in [-0.2, -0.15) is 0 Å². The quantitative estimate of drug-likeness (QED) is 0.357. The number of fused-ring (bicyclic) bond motifs is 2. The Hall–Kier alpha value is -3.64. The number of para-hydroxylation sites is 1. The van der Waals surface area contributed by atoms with Gasteiger partial charge in [0.25, 0.3) is 0 Å². The van der Waals surface area contributed by atoms with Crippen LogP contribution in [0.4, 0.5) is 5.69 Å². The minimum atomic E-state index is 0.351. The molecule has 6 heteroatoms. The highest BCUT2D eigenvalue weighted by Crippen LogP contribution is 2.26. The van der Waals surface area contributed by atoms with Crippen molar-refractivity contribution in [1.29, 1.82) is 0 Å². The number of anilines is 1. The lowest BCUT2D eigenvalue weighted by molar-refractivity contribution is 0.614. The van der Waals surface area contributed by atoms with Crippen molar-refractivity contribution < 1.29 is 0 Å². The average Bonchev–Trinajstić information content (AvgIpc) is 3.59. The van der Waals surface area contributed by atoms with Gasteiger partial charge in [-0.05, 0) is 66.9 Å². The summed E-state index contributed by atoms with van der Waals surface area (Å²) in [6.07, 6.45) is 4.11. The molecule has 0 radical (unpaired) electrons. The fourth-order valence-corrected chi connectivity index (χ4v) is 4.66. The lowest BCUT2D eigenvalue weighted by Crippen LogP contribution is -2.22. The fourth-order valence-electron chi connectivity index (χ4n) is 4.66. The number of nitrogens with zero attached hydrogens (tertiary/aromatic N) is 3. The van der Waals surface area contributed by atoms with E-state index in [-0.39, 0.29) is 0 Å². The predicted octanol–water partition coefficient (Wildman–Crippen LogP) is 5.07. The largest absolute Gasteiger partial charge is 0.363 e. The zero-order valence-electron chi connectivity index (χ0n) is 17.9. The van der Waals surface area contributed by atoms with Crippen LogP contribution in [-0.2, 0) is 13.1 Å². The van der Waals surface area contributed by atoms with Gasteiger partial charge in [0.05, 0.1) is 34.4 Å². The average molecular weight is 423 g/mol. The minimum Gasteiger partial charge on any atom is -0.363 e. The zero-order chi connectivity index (χ0) is 21.3. The van der Waals surface area contributed by atoms with E-state index in [4.69, 9.17) is 4.98 Å². The highest BCUT2D eigenvalue weighted by molar-refractivity contribution is 5.76. The Labute approximate surface area is 186 Å². The lowest BCUT2D eigenvalue weighted by Gasteiger charge is -2.25. The van der Waals surface area contributed by atoms with Crippen LogP contribution in [0.3, 0.4) is 0 Å². The van der Waals surface area contributed by atoms with E-state index in [1.165, 1.54) is 23.2 Å². The van der Waals surface area contributed by atoms with E-state index in [9.17, 15) is 0 Å². The van der Waals surface area contributed by atoms with E-state index in [1.54, 1.807) is 6.33 Å². The van der Waals surface area contributed by atoms with Crippen molar-refractivity contribution >= 4 is 27.8 Å². The molecule has 160 valence electrons. The molecule has 1 saturated heterocycles. The van der Waals surface area contributed by atoms with Gasteiger partial charge in [0, 0.05) is 18.8 Å². The smallest absolute Gasteiger partial charge is 0.124 e. The van der Waals surface area contributed by atoms with Crippen molar-refractivity contribution in [1.82, 2.24) is 25.3 Å².